The highest BCUT2D eigenvalue weighted by Crippen LogP contribution is 2.38. The number of aliphatic hydroxyl groups excluding tert-OH is 2. The number of nitrogens with one attached hydrogen (secondary N) is 3. The lowest BCUT2D eigenvalue weighted by Gasteiger charge is -2.50. The standard InChI is InChI=1S/C26H49N7O8/c1-25(37)11-39-23(19(35)22(25)31-2)41-21-15(33-24(36)26(38)9-16(26)30)8-14(29)17(18(21)34)20-13(28)5-4-12(40-20)10-32-7-3-6-27/h4,13-23,31-32,34-35,37-38H,3,5-11,27-30H2,1-2H3,(H,33,36)/t13-,14+,15-,16?,17?,18+,19-,20+,21+,22-,23-,25+,26?/m1/s1. The van der Waals surface area contributed by atoms with Crippen molar-refractivity contribution in [1.82, 2.24) is 16.0 Å². The summed E-state index contributed by atoms with van der Waals surface area (Å²) in [5.41, 5.74) is 21.3. The minimum atomic E-state index is -1.71. The molecule has 2 aliphatic carbocycles. The van der Waals surface area contributed by atoms with Gasteiger partial charge in [-0.2, -0.15) is 0 Å². The SMILES string of the molecule is CN[C@@H]1[C@@H](O)[C@@H](O[C@H]2[C@H](NC(=O)C3(O)CC3N)C[C@H](N)C([C@H]3OC(CNCCCN)=CC[C@H]3N)[C@@H]2O)OC[C@]1(C)O. The van der Waals surface area contributed by atoms with Crippen LogP contribution in [0.25, 0.3) is 0 Å². The Labute approximate surface area is 240 Å². The summed E-state index contributed by atoms with van der Waals surface area (Å²) < 4.78 is 18.1. The van der Waals surface area contributed by atoms with Gasteiger partial charge in [-0.3, -0.25) is 4.79 Å². The van der Waals surface area contributed by atoms with Gasteiger partial charge in [0.15, 0.2) is 11.9 Å². The second kappa shape index (κ2) is 13.0. The van der Waals surface area contributed by atoms with Gasteiger partial charge in [-0.1, -0.05) is 0 Å². The van der Waals surface area contributed by atoms with E-state index < -0.39 is 83.9 Å². The van der Waals surface area contributed by atoms with Crippen LogP contribution in [0.1, 0.15) is 32.6 Å². The number of ether oxygens (including phenoxy) is 3. The zero-order valence-corrected chi connectivity index (χ0v) is 23.8. The molecule has 15 heteroatoms. The predicted molar refractivity (Wildman–Crippen MR) is 148 cm³/mol. The van der Waals surface area contributed by atoms with Crippen molar-refractivity contribution in [2.45, 2.75) is 105 Å². The number of aliphatic hydroxyl groups is 4. The summed E-state index contributed by atoms with van der Waals surface area (Å²) in [5.74, 6) is -0.718. The van der Waals surface area contributed by atoms with E-state index in [4.69, 9.17) is 37.1 Å². The van der Waals surface area contributed by atoms with Crippen molar-refractivity contribution in [2.75, 3.05) is 33.3 Å². The quantitative estimate of drug-likeness (QED) is 0.101. The van der Waals surface area contributed by atoms with Crippen LogP contribution < -0.4 is 38.9 Å². The Balaban J connectivity index is 1.54. The molecular formula is C26H49N7O8. The van der Waals surface area contributed by atoms with Crippen LogP contribution in [0.15, 0.2) is 11.8 Å². The van der Waals surface area contributed by atoms with Crippen LogP contribution in [0.5, 0.6) is 0 Å². The molecular weight excluding hydrogens is 538 g/mol. The highest BCUT2D eigenvalue weighted by atomic mass is 16.7. The maximum Gasteiger partial charge on any atom is 0.253 e. The van der Waals surface area contributed by atoms with Gasteiger partial charge in [0.2, 0.25) is 0 Å². The molecule has 2 saturated carbocycles. The Morgan fingerprint density at radius 3 is 2.54 bits per heavy atom. The fourth-order valence-electron chi connectivity index (χ4n) is 6.23. The smallest absolute Gasteiger partial charge is 0.253 e. The Kier molecular flexibility index (Phi) is 10.3. The average molecular weight is 588 g/mol. The molecule has 4 aliphatic rings. The molecule has 3 fully saturated rings. The number of likely N-dealkylation sites (N-methyl/N-ethyl adjacent to an activating group) is 1. The van der Waals surface area contributed by atoms with Crippen LogP contribution in [0.3, 0.4) is 0 Å². The van der Waals surface area contributed by atoms with Crippen LogP contribution in [0.4, 0.5) is 0 Å². The summed E-state index contributed by atoms with van der Waals surface area (Å²) >= 11 is 0. The summed E-state index contributed by atoms with van der Waals surface area (Å²) in [4.78, 5) is 12.9. The van der Waals surface area contributed by atoms with Gasteiger partial charge in [-0.15, -0.1) is 0 Å². The minimum absolute atomic E-state index is 0.108. The Morgan fingerprint density at radius 1 is 1.20 bits per heavy atom. The highest BCUT2D eigenvalue weighted by molar-refractivity contribution is 5.89. The topological polar surface area (TPSA) is 266 Å². The zero-order valence-electron chi connectivity index (χ0n) is 23.8. The Bertz CT molecular complexity index is 944. The Morgan fingerprint density at radius 2 is 1.90 bits per heavy atom. The number of hydrogen-bond donors (Lipinski definition) is 11. The molecule has 1 amide bonds. The van der Waals surface area contributed by atoms with Crippen LogP contribution in [0, 0.1) is 5.92 Å². The third kappa shape index (κ3) is 6.87. The molecule has 2 heterocycles. The fourth-order valence-corrected chi connectivity index (χ4v) is 6.23. The van der Waals surface area contributed by atoms with Gasteiger partial charge in [0.25, 0.3) is 5.91 Å². The molecule has 15 nitrogen and oxygen atoms in total. The molecule has 0 radical (unpaired) electrons. The normalized spacial score (nSPS) is 46.4. The summed E-state index contributed by atoms with van der Waals surface area (Å²) in [5, 5.41) is 52.8. The monoisotopic (exact) mass is 587 g/mol. The molecule has 3 unspecified atom stereocenters. The lowest BCUT2D eigenvalue weighted by Crippen LogP contribution is -2.69. The molecule has 0 aromatic rings. The largest absolute Gasteiger partial charge is 0.492 e. The number of amides is 1. The minimum Gasteiger partial charge on any atom is -0.492 e. The maximum absolute atomic E-state index is 12.9. The van der Waals surface area contributed by atoms with Gasteiger partial charge in [0, 0.05) is 30.5 Å². The van der Waals surface area contributed by atoms with Crippen molar-refractivity contribution < 1.29 is 39.4 Å². The van der Waals surface area contributed by atoms with Gasteiger partial charge in [0.05, 0.1) is 31.3 Å². The van der Waals surface area contributed by atoms with Crippen LogP contribution in [0.2, 0.25) is 0 Å². The van der Waals surface area contributed by atoms with E-state index in [1.165, 1.54) is 6.92 Å². The molecule has 0 aromatic heterocycles. The number of nitrogens with two attached hydrogens (primary N) is 4. The number of carbonyl (C=O) groups is 1. The van der Waals surface area contributed by atoms with E-state index in [1.54, 1.807) is 7.05 Å². The van der Waals surface area contributed by atoms with E-state index in [9.17, 15) is 25.2 Å². The van der Waals surface area contributed by atoms with E-state index in [-0.39, 0.29) is 19.4 Å². The first kappa shape index (κ1) is 32.4. The first-order valence-electron chi connectivity index (χ1n) is 14.4. The second-order valence-electron chi connectivity index (χ2n) is 12.1. The molecule has 4 rings (SSSR count). The van der Waals surface area contributed by atoms with Crippen LogP contribution in [-0.4, -0.2) is 132 Å². The number of carbonyl (C=O) groups excluding carboxylic acids is 1. The molecule has 2 aliphatic heterocycles. The predicted octanol–water partition coefficient (Wildman–Crippen LogP) is -4.98. The third-order valence-corrected chi connectivity index (χ3v) is 8.84. The van der Waals surface area contributed by atoms with Crippen molar-refractivity contribution in [3.05, 3.63) is 11.8 Å². The van der Waals surface area contributed by atoms with Gasteiger partial charge in [0.1, 0.15) is 29.7 Å². The molecule has 0 aromatic carbocycles. The van der Waals surface area contributed by atoms with Crippen LogP contribution >= 0.6 is 0 Å². The van der Waals surface area contributed by atoms with Crippen molar-refractivity contribution in [1.29, 1.82) is 0 Å². The van der Waals surface area contributed by atoms with E-state index in [2.05, 4.69) is 16.0 Å². The zero-order chi connectivity index (χ0) is 30.1. The summed E-state index contributed by atoms with van der Waals surface area (Å²) in [6.07, 6.45) is -2.18. The van der Waals surface area contributed by atoms with Gasteiger partial charge in [-0.25, -0.2) is 0 Å². The first-order valence-corrected chi connectivity index (χ1v) is 14.4. The van der Waals surface area contributed by atoms with Gasteiger partial charge < -0.3 is 73.5 Å². The van der Waals surface area contributed by atoms with E-state index in [0.717, 1.165) is 13.0 Å². The molecule has 236 valence electrons. The number of rotatable bonds is 11. The molecule has 1 saturated heterocycles. The average Bonchev–Trinajstić information content (AvgIpc) is 3.54. The second-order valence-corrected chi connectivity index (χ2v) is 12.1. The van der Waals surface area contributed by atoms with Crippen LogP contribution in [-0.2, 0) is 19.0 Å². The van der Waals surface area contributed by atoms with Crippen molar-refractivity contribution >= 4 is 5.91 Å². The number of hydrogen-bond acceptors (Lipinski definition) is 14. The van der Waals surface area contributed by atoms with Crippen molar-refractivity contribution in [3.8, 4) is 0 Å². The maximum atomic E-state index is 12.9. The van der Waals surface area contributed by atoms with Gasteiger partial charge in [-0.05, 0) is 52.4 Å². The lowest BCUT2D eigenvalue weighted by molar-refractivity contribution is -0.297. The van der Waals surface area contributed by atoms with Gasteiger partial charge >= 0.3 is 0 Å². The third-order valence-electron chi connectivity index (χ3n) is 8.84. The van der Waals surface area contributed by atoms with E-state index >= 15 is 0 Å². The van der Waals surface area contributed by atoms with E-state index in [1.807, 2.05) is 6.08 Å². The van der Waals surface area contributed by atoms with Crippen molar-refractivity contribution in [3.63, 3.8) is 0 Å². The molecule has 0 bridgehead atoms. The highest BCUT2D eigenvalue weighted by Gasteiger charge is 2.59. The fraction of sp³-hybridized carbons (Fsp3) is 0.885. The summed E-state index contributed by atoms with van der Waals surface area (Å²) in [6, 6.07) is -3.49. The van der Waals surface area contributed by atoms with E-state index in [0.29, 0.717) is 25.3 Å². The lowest BCUT2D eigenvalue weighted by atomic mass is 9.72. The Hall–Kier alpha value is -1.47. The molecule has 13 atom stereocenters. The summed E-state index contributed by atoms with van der Waals surface area (Å²) in [7, 11) is 1.59. The summed E-state index contributed by atoms with van der Waals surface area (Å²) in [6.45, 7) is 3.12. The molecule has 0 spiro atoms. The molecule has 15 N–H and O–H groups in total. The first-order chi connectivity index (χ1) is 19.3. The molecule has 41 heavy (non-hydrogen) atoms. The van der Waals surface area contributed by atoms with Crippen molar-refractivity contribution in [2.24, 2.45) is 28.9 Å².